The number of amides is 3. The van der Waals surface area contributed by atoms with Gasteiger partial charge in [-0.3, -0.25) is 9.69 Å². The van der Waals surface area contributed by atoms with Crippen LogP contribution in [0.5, 0.6) is 0 Å². The molecule has 3 rings (SSSR count). The largest absolute Gasteiger partial charge is 0.350 e. The van der Waals surface area contributed by atoms with E-state index in [0.29, 0.717) is 30.7 Å². The lowest BCUT2D eigenvalue weighted by Crippen LogP contribution is -2.46. The van der Waals surface area contributed by atoms with Crippen LogP contribution in [0.2, 0.25) is 0 Å². The van der Waals surface area contributed by atoms with Crippen molar-refractivity contribution in [2.45, 2.75) is 38.3 Å². The molecule has 7 heteroatoms. The van der Waals surface area contributed by atoms with Gasteiger partial charge in [0.2, 0.25) is 0 Å². The van der Waals surface area contributed by atoms with E-state index in [2.05, 4.69) is 22.6 Å². The summed E-state index contributed by atoms with van der Waals surface area (Å²) in [4.78, 5) is 28.7. The second-order valence-corrected chi connectivity index (χ2v) is 7.24. The van der Waals surface area contributed by atoms with Crippen molar-refractivity contribution in [3.63, 3.8) is 0 Å². The molecule has 2 saturated heterocycles. The lowest BCUT2D eigenvalue weighted by atomic mass is 10.1. The second kappa shape index (κ2) is 8.03. The number of carbonyl (C=O) groups is 2. The Morgan fingerprint density at radius 1 is 1.15 bits per heavy atom. The zero-order valence-corrected chi connectivity index (χ0v) is 15.4. The van der Waals surface area contributed by atoms with Crippen molar-refractivity contribution in [3.05, 3.63) is 35.1 Å². The number of likely N-dealkylation sites (tertiary alicyclic amines) is 1. The number of likely N-dealkylation sites (N-methyl/N-ethyl adjacent to an activating group) is 1. The highest BCUT2D eigenvalue weighted by Gasteiger charge is 2.35. The molecular weight excluding hydrogens is 335 g/mol. The van der Waals surface area contributed by atoms with Crippen LogP contribution in [0.15, 0.2) is 18.2 Å². The van der Waals surface area contributed by atoms with Gasteiger partial charge in [-0.25, -0.2) is 9.18 Å². The number of nitrogens with one attached hydrogen (secondary N) is 2. The topological polar surface area (TPSA) is 64.7 Å². The molecule has 0 aromatic heterocycles. The molecule has 1 aromatic rings. The molecule has 0 spiro atoms. The highest BCUT2D eigenvalue weighted by Crippen LogP contribution is 2.28. The van der Waals surface area contributed by atoms with Gasteiger partial charge in [0, 0.05) is 43.8 Å². The molecule has 0 aliphatic carbocycles. The molecule has 0 radical (unpaired) electrons. The summed E-state index contributed by atoms with van der Waals surface area (Å²) in [5.41, 5.74) is 0.789. The van der Waals surface area contributed by atoms with E-state index in [1.165, 1.54) is 12.5 Å². The number of hydrogen-bond acceptors (Lipinski definition) is 3. The molecule has 2 unspecified atom stereocenters. The SMILES string of the molecule is Cc1ccc(C(=O)NCCNC(=O)N2CCC3CCC(C2)N3C)cc1F. The van der Waals surface area contributed by atoms with Crippen LogP contribution < -0.4 is 10.6 Å². The number of carbonyl (C=O) groups excluding carboxylic acids is 2. The van der Waals surface area contributed by atoms with E-state index in [0.717, 1.165) is 25.9 Å². The lowest BCUT2D eigenvalue weighted by molar-refractivity contribution is 0.0953. The number of urea groups is 1. The van der Waals surface area contributed by atoms with Crippen molar-refractivity contribution in [2.24, 2.45) is 0 Å². The van der Waals surface area contributed by atoms with Crippen LogP contribution in [0.25, 0.3) is 0 Å². The maximum absolute atomic E-state index is 13.5. The third-order valence-electron chi connectivity index (χ3n) is 5.56. The number of rotatable bonds is 4. The predicted octanol–water partition coefficient (Wildman–Crippen LogP) is 1.74. The van der Waals surface area contributed by atoms with Gasteiger partial charge in [0.25, 0.3) is 5.91 Å². The maximum atomic E-state index is 13.5. The molecule has 2 heterocycles. The molecule has 6 nitrogen and oxygen atoms in total. The van der Waals surface area contributed by atoms with Gasteiger partial charge in [-0.05, 0) is 50.9 Å². The van der Waals surface area contributed by atoms with Crippen molar-refractivity contribution in [1.29, 1.82) is 0 Å². The normalized spacial score (nSPS) is 22.8. The van der Waals surface area contributed by atoms with Crippen LogP contribution in [-0.2, 0) is 0 Å². The average molecular weight is 362 g/mol. The minimum absolute atomic E-state index is 0.0819. The van der Waals surface area contributed by atoms with Crippen molar-refractivity contribution in [2.75, 3.05) is 33.2 Å². The highest BCUT2D eigenvalue weighted by molar-refractivity contribution is 5.94. The predicted molar refractivity (Wildman–Crippen MR) is 97.6 cm³/mol. The Morgan fingerprint density at radius 3 is 2.65 bits per heavy atom. The first-order valence-electron chi connectivity index (χ1n) is 9.25. The first-order valence-corrected chi connectivity index (χ1v) is 9.25. The van der Waals surface area contributed by atoms with Crippen LogP contribution in [-0.4, -0.2) is 67.0 Å². The van der Waals surface area contributed by atoms with Crippen molar-refractivity contribution in [3.8, 4) is 0 Å². The molecule has 2 aliphatic heterocycles. The number of hydrogen-bond donors (Lipinski definition) is 2. The highest BCUT2D eigenvalue weighted by atomic mass is 19.1. The molecule has 142 valence electrons. The number of halogens is 1. The minimum Gasteiger partial charge on any atom is -0.350 e. The Bertz CT molecular complexity index is 682. The van der Waals surface area contributed by atoms with E-state index in [9.17, 15) is 14.0 Å². The standard InChI is InChI=1S/C19H27FN4O2/c1-13-3-4-14(11-17(13)20)18(25)21-8-9-22-19(26)24-10-7-15-5-6-16(12-24)23(15)2/h3-4,11,15-16H,5-10,12H2,1-2H3,(H,21,25)(H,22,26). The first kappa shape index (κ1) is 18.6. The van der Waals surface area contributed by atoms with Crippen molar-refractivity contribution >= 4 is 11.9 Å². The molecule has 0 saturated carbocycles. The zero-order valence-electron chi connectivity index (χ0n) is 15.4. The fourth-order valence-corrected chi connectivity index (χ4v) is 3.79. The van der Waals surface area contributed by atoms with E-state index in [4.69, 9.17) is 0 Å². The minimum atomic E-state index is -0.397. The summed E-state index contributed by atoms with van der Waals surface area (Å²) >= 11 is 0. The number of benzene rings is 1. The maximum Gasteiger partial charge on any atom is 0.317 e. The van der Waals surface area contributed by atoms with Crippen molar-refractivity contribution < 1.29 is 14.0 Å². The zero-order chi connectivity index (χ0) is 18.7. The summed E-state index contributed by atoms with van der Waals surface area (Å²) in [6, 6.07) is 5.36. The monoisotopic (exact) mass is 362 g/mol. The fourth-order valence-electron chi connectivity index (χ4n) is 3.79. The molecule has 2 aliphatic rings. The number of nitrogens with zero attached hydrogens (tertiary/aromatic N) is 2. The Kier molecular flexibility index (Phi) is 5.76. The molecule has 2 bridgehead atoms. The van der Waals surface area contributed by atoms with Crippen molar-refractivity contribution in [1.82, 2.24) is 20.4 Å². The quantitative estimate of drug-likeness (QED) is 0.802. The molecule has 1 aromatic carbocycles. The van der Waals surface area contributed by atoms with Crippen LogP contribution in [0.3, 0.4) is 0 Å². The van der Waals surface area contributed by atoms with E-state index < -0.39 is 5.82 Å². The van der Waals surface area contributed by atoms with Gasteiger partial charge < -0.3 is 15.5 Å². The summed E-state index contributed by atoms with van der Waals surface area (Å²) in [5.74, 6) is -0.738. The van der Waals surface area contributed by atoms with Gasteiger partial charge in [-0.1, -0.05) is 6.07 Å². The summed E-state index contributed by atoms with van der Waals surface area (Å²) in [6.07, 6.45) is 3.38. The van der Waals surface area contributed by atoms with E-state index in [1.54, 1.807) is 19.1 Å². The van der Waals surface area contributed by atoms with E-state index >= 15 is 0 Å². The molecule has 2 fully saturated rings. The van der Waals surface area contributed by atoms with E-state index in [1.807, 2.05) is 4.90 Å². The average Bonchev–Trinajstić information content (AvgIpc) is 2.86. The molecule has 2 atom stereocenters. The summed E-state index contributed by atoms with van der Waals surface area (Å²) < 4.78 is 13.5. The summed E-state index contributed by atoms with van der Waals surface area (Å²) in [6.45, 7) is 3.83. The number of aryl methyl sites for hydroxylation is 1. The smallest absolute Gasteiger partial charge is 0.317 e. The van der Waals surface area contributed by atoms with Gasteiger partial charge in [0.1, 0.15) is 5.82 Å². The fraction of sp³-hybridized carbons (Fsp3) is 0.579. The Labute approximate surface area is 153 Å². The molecule has 2 N–H and O–H groups in total. The summed E-state index contributed by atoms with van der Waals surface area (Å²) in [5, 5.41) is 5.56. The van der Waals surface area contributed by atoms with E-state index in [-0.39, 0.29) is 17.5 Å². The van der Waals surface area contributed by atoms with Crippen LogP contribution in [0.4, 0.5) is 9.18 Å². The van der Waals surface area contributed by atoms with Crippen LogP contribution >= 0.6 is 0 Å². The van der Waals surface area contributed by atoms with Gasteiger partial charge in [-0.15, -0.1) is 0 Å². The van der Waals surface area contributed by atoms with Gasteiger partial charge in [-0.2, -0.15) is 0 Å². The third-order valence-corrected chi connectivity index (χ3v) is 5.56. The summed E-state index contributed by atoms with van der Waals surface area (Å²) in [7, 11) is 2.15. The molecule has 26 heavy (non-hydrogen) atoms. The molecular formula is C19H27FN4O2. The van der Waals surface area contributed by atoms with Gasteiger partial charge >= 0.3 is 6.03 Å². The van der Waals surface area contributed by atoms with Gasteiger partial charge in [0.15, 0.2) is 0 Å². The molecule has 3 amide bonds. The lowest BCUT2D eigenvalue weighted by Gasteiger charge is -2.26. The number of fused-ring (bicyclic) bond motifs is 2. The third kappa shape index (κ3) is 4.15. The van der Waals surface area contributed by atoms with Gasteiger partial charge in [0.05, 0.1) is 0 Å². The Morgan fingerprint density at radius 2 is 1.88 bits per heavy atom. The second-order valence-electron chi connectivity index (χ2n) is 7.24. The first-order chi connectivity index (χ1) is 12.5. The van der Waals surface area contributed by atoms with Crippen LogP contribution in [0, 0.1) is 12.7 Å². The Hall–Kier alpha value is -2.15. The van der Waals surface area contributed by atoms with Crippen LogP contribution in [0.1, 0.15) is 35.2 Å². The Balaban J connectivity index is 1.41.